The molecule has 3 N–H and O–H groups in total. The molecule has 5 heteroatoms. The number of hydrogen-bond acceptors (Lipinski definition) is 3. The lowest BCUT2D eigenvalue weighted by molar-refractivity contribution is -0.122. The van der Waals surface area contributed by atoms with E-state index in [-0.39, 0.29) is 30.7 Å². The highest BCUT2D eigenvalue weighted by Gasteiger charge is 2.06. The summed E-state index contributed by atoms with van der Waals surface area (Å²) in [6, 6.07) is 4.27. The maximum absolute atomic E-state index is 13.3. The number of amides is 1. The first kappa shape index (κ1) is 13.3. The molecule has 0 aromatic heterocycles. The number of benzene rings is 1. The quantitative estimate of drug-likeness (QED) is 0.770. The van der Waals surface area contributed by atoms with E-state index in [0.717, 1.165) is 0 Å². The Kier molecular flexibility index (Phi) is 4.75. The third-order valence-corrected chi connectivity index (χ3v) is 1.99. The minimum atomic E-state index is -0.519. The zero-order valence-corrected chi connectivity index (χ0v) is 10.00. The van der Waals surface area contributed by atoms with E-state index in [1.807, 2.05) is 13.8 Å². The molecule has 1 aromatic rings. The number of nitrogens with one attached hydrogen (secondary N) is 1. The molecule has 0 heterocycles. The largest absolute Gasteiger partial charge is 0.490 e. The summed E-state index contributed by atoms with van der Waals surface area (Å²) in [5, 5.41) is 2.72. The van der Waals surface area contributed by atoms with E-state index in [4.69, 9.17) is 10.5 Å². The zero-order valence-electron chi connectivity index (χ0n) is 10.00. The van der Waals surface area contributed by atoms with Crippen LogP contribution >= 0.6 is 0 Å². The first-order valence-electron chi connectivity index (χ1n) is 5.46. The van der Waals surface area contributed by atoms with Crippen LogP contribution in [0, 0.1) is 5.82 Å². The van der Waals surface area contributed by atoms with Gasteiger partial charge in [0.1, 0.15) is 0 Å². The SMILES string of the molecule is CC(C)NC(=O)CCOc1ccc(N)cc1F. The van der Waals surface area contributed by atoms with Gasteiger partial charge in [-0.2, -0.15) is 0 Å². The van der Waals surface area contributed by atoms with Crippen molar-refractivity contribution < 1.29 is 13.9 Å². The summed E-state index contributed by atoms with van der Waals surface area (Å²) in [7, 11) is 0. The van der Waals surface area contributed by atoms with Gasteiger partial charge in [-0.1, -0.05) is 0 Å². The molecule has 0 bridgehead atoms. The molecule has 0 unspecified atom stereocenters. The number of nitrogen functional groups attached to an aromatic ring is 1. The monoisotopic (exact) mass is 240 g/mol. The number of halogens is 1. The van der Waals surface area contributed by atoms with Crippen LogP contribution in [-0.2, 0) is 4.79 Å². The second-order valence-electron chi connectivity index (χ2n) is 4.01. The van der Waals surface area contributed by atoms with Crippen molar-refractivity contribution in [2.45, 2.75) is 26.3 Å². The van der Waals surface area contributed by atoms with Crippen molar-refractivity contribution in [3.05, 3.63) is 24.0 Å². The van der Waals surface area contributed by atoms with E-state index in [0.29, 0.717) is 5.69 Å². The second kappa shape index (κ2) is 6.08. The summed E-state index contributed by atoms with van der Waals surface area (Å²) >= 11 is 0. The van der Waals surface area contributed by atoms with Gasteiger partial charge in [-0.05, 0) is 26.0 Å². The lowest BCUT2D eigenvalue weighted by Gasteiger charge is -2.10. The Hall–Kier alpha value is -1.78. The van der Waals surface area contributed by atoms with Crippen molar-refractivity contribution in [3.8, 4) is 5.75 Å². The normalized spacial score (nSPS) is 10.4. The maximum atomic E-state index is 13.3. The highest BCUT2D eigenvalue weighted by atomic mass is 19.1. The number of nitrogens with two attached hydrogens (primary N) is 1. The van der Waals surface area contributed by atoms with Gasteiger partial charge in [0.15, 0.2) is 11.6 Å². The Morgan fingerprint density at radius 1 is 1.53 bits per heavy atom. The molecule has 0 aliphatic carbocycles. The lowest BCUT2D eigenvalue weighted by Crippen LogP contribution is -2.31. The minimum Gasteiger partial charge on any atom is -0.490 e. The van der Waals surface area contributed by atoms with Crippen LogP contribution in [0.1, 0.15) is 20.3 Å². The van der Waals surface area contributed by atoms with Crippen LogP contribution in [0.15, 0.2) is 18.2 Å². The Labute approximate surface area is 100.0 Å². The molecule has 0 atom stereocenters. The van der Waals surface area contributed by atoms with Crippen molar-refractivity contribution in [3.63, 3.8) is 0 Å². The number of rotatable bonds is 5. The molecule has 0 aliphatic heterocycles. The summed E-state index contributed by atoms with van der Waals surface area (Å²) < 4.78 is 18.4. The van der Waals surface area contributed by atoms with Crippen LogP contribution in [0.2, 0.25) is 0 Å². The number of ether oxygens (including phenoxy) is 1. The minimum absolute atomic E-state index is 0.0933. The van der Waals surface area contributed by atoms with E-state index in [2.05, 4.69) is 5.32 Å². The van der Waals surface area contributed by atoms with Gasteiger partial charge in [0.2, 0.25) is 5.91 Å². The summed E-state index contributed by atoms with van der Waals surface area (Å²) in [5.74, 6) is -0.526. The molecule has 0 saturated heterocycles. The fraction of sp³-hybridized carbons (Fsp3) is 0.417. The van der Waals surface area contributed by atoms with Gasteiger partial charge in [-0.15, -0.1) is 0 Å². The molecule has 4 nitrogen and oxygen atoms in total. The molecule has 17 heavy (non-hydrogen) atoms. The predicted octanol–water partition coefficient (Wildman–Crippen LogP) is 1.70. The van der Waals surface area contributed by atoms with Gasteiger partial charge in [-0.25, -0.2) is 4.39 Å². The molecule has 1 rings (SSSR count). The van der Waals surface area contributed by atoms with Crippen LogP contribution in [0.5, 0.6) is 5.75 Å². The van der Waals surface area contributed by atoms with Gasteiger partial charge >= 0.3 is 0 Å². The Morgan fingerprint density at radius 2 is 2.24 bits per heavy atom. The average Bonchev–Trinajstić information content (AvgIpc) is 2.20. The second-order valence-corrected chi connectivity index (χ2v) is 4.01. The Bertz CT molecular complexity index is 394. The van der Waals surface area contributed by atoms with E-state index in [9.17, 15) is 9.18 Å². The highest BCUT2D eigenvalue weighted by Crippen LogP contribution is 2.19. The van der Waals surface area contributed by atoms with Crippen LogP contribution in [0.4, 0.5) is 10.1 Å². The Morgan fingerprint density at radius 3 is 2.82 bits per heavy atom. The van der Waals surface area contributed by atoms with Crippen molar-refractivity contribution >= 4 is 11.6 Å². The van der Waals surface area contributed by atoms with Crippen LogP contribution in [0.3, 0.4) is 0 Å². The zero-order chi connectivity index (χ0) is 12.8. The molecule has 0 fully saturated rings. The van der Waals surface area contributed by atoms with Crippen LogP contribution < -0.4 is 15.8 Å². The summed E-state index contributed by atoms with van der Waals surface area (Å²) in [6.45, 7) is 3.89. The number of carbonyl (C=O) groups excluding carboxylic acids is 1. The maximum Gasteiger partial charge on any atom is 0.223 e. The van der Waals surface area contributed by atoms with Gasteiger partial charge in [0.25, 0.3) is 0 Å². The third-order valence-electron chi connectivity index (χ3n) is 1.99. The van der Waals surface area contributed by atoms with E-state index in [1.54, 1.807) is 6.07 Å². The first-order valence-corrected chi connectivity index (χ1v) is 5.46. The van der Waals surface area contributed by atoms with Crippen LogP contribution in [-0.4, -0.2) is 18.6 Å². The fourth-order valence-electron chi connectivity index (χ4n) is 1.28. The van der Waals surface area contributed by atoms with E-state index >= 15 is 0 Å². The highest BCUT2D eigenvalue weighted by molar-refractivity contribution is 5.76. The molecule has 1 amide bonds. The third kappa shape index (κ3) is 4.72. The fourth-order valence-corrected chi connectivity index (χ4v) is 1.28. The number of anilines is 1. The Balaban J connectivity index is 2.38. The molecule has 0 aliphatic rings. The van der Waals surface area contributed by atoms with Crippen LogP contribution in [0.25, 0.3) is 0 Å². The van der Waals surface area contributed by atoms with Gasteiger partial charge < -0.3 is 15.8 Å². The summed E-state index contributed by atoms with van der Waals surface area (Å²) in [6.07, 6.45) is 0.196. The molecular weight excluding hydrogens is 223 g/mol. The van der Waals surface area contributed by atoms with E-state index in [1.165, 1.54) is 12.1 Å². The summed E-state index contributed by atoms with van der Waals surface area (Å²) in [4.78, 5) is 11.3. The molecule has 0 saturated carbocycles. The van der Waals surface area contributed by atoms with E-state index < -0.39 is 5.82 Å². The summed E-state index contributed by atoms with van der Waals surface area (Å²) in [5.41, 5.74) is 5.74. The van der Waals surface area contributed by atoms with Crippen molar-refractivity contribution in [1.82, 2.24) is 5.32 Å². The van der Waals surface area contributed by atoms with Crippen molar-refractivity contribution in [1.29, 1.82) is 0 Å². The van der Waals surface area contributed by atoms with Crippen molar-refractivity contribution in [2.24, 2.45) is 0 Å². The standard InChI is InChI=1S/C12H17FN2O2/c1-8(2)15-12(16)5-6-17-11-4-3-9(14)7-10(11)13/h3-4,7-8H,5-6,14H2,1-2H3,(H,15,16). The van der Waals surface area contributed by atoms with Gasteiger partial charge in [0.05, 0.1) is 13.0 Å². The lowest BCUT2D eigenvalue weighted by atomic mass is 10.3. The number of hydrogen-bond donors (Lipinski definition) is 2. The smallest absolute Gasteiger partial charge is 0.223 e. The first-order chi connectivity index (χ1) is 7.99. The predicted molar refractivity (Wildman–Crippen MR) is 64.2 cm³/mol. The molecule has 1 aromatic carbocycles. The van der Waals surface area contributed by atoms with Gasteiger partial charge in [0, 0.05) is 17.8 Å². The molecule has 0 spiro atoms. The average molecular weight is 240 g/mol. The van der Waals surface area contributed by atoms with Gasteiger partial charge in [-0.3, -0.25) is 4.79 Å². The molecular formula is C12H17FN2O2. The van der Waals surface area contributed by atoms with Crippen molar-refractivity contribution in [2.75, 3.05) is 12.3 Å². The topological polar surface area (TPSA) is 64.3 Å². The number of carbonyl (C=O) groups is 1. The molecule has 0 radical (unpaired) electrons. The molecule has 94 valence electrons.